The Morgan fingerprint density at radius 3 is 2.73 bits per heavy atom. The van der Waals surface area contributed by atoms with Crippen molar-refractivity contribution in [2.75, 3.05) is 6.54 Å². The molecule has 37 heavy (non-hydrogen) atoms. The van der Waals surface area contributed by atoms with Gasteiger partial charge in [0.15, 0.2) is 0 Å². The first-order chi connectivity index (χ1) is 17.9. The van der Waals surface area contributed by atoms with Gasteiger partial charge in [-0.05, 0) is 67.1 Å². The number of hydrogen-bond acceptors (Lipinski definition) is 6. The Labute approximate surface area is 226 Å². The molecule has 3 atom stereocenters. The standard InChI is InChI=1S/C28H34N4O3S2/c1-3-4-5-6-14-28(2)26(34)31(27(35)29-28)18-23(33)32-25(22-13-9-16-37-22)21-12-7-10-19(24(21)30-32)17-20-11-8-15-36-20/h8-9,11,13,15-17,21,25H,3-7,10,12,14,18H2,1-2H3,(H,29,35)/b19-17-/t21-,25+,28+/m0/s1. The molecule has 1 saturated carbocycles. The Morgan fingerprint density at radius 1 is 1.19 bits per heavy atom. The molecule has 0 aromatic carbocycles. The summed E-state index contributed by atoms with van der Waals surface area (Å²) < 4.78 is 0. The number of urea groups is 1. The van der Waals surface area contributed by atoms with Crippen LogP contribution in [-0.2, 0) is 9.59 Å². The molecular formula is C28H34N4O3S2. The van der Waals surface area contributed by atoms with Gasteiger partial charge in [-0.2, -0.15) is 5.10 Å². The number of nitrogens with zero attached hydrogens (tertiary/aromatic N) is 3. The van der Waals surface area contributed by atoms with Crippen LogP contribution in [0.3, 0.4) is 0 Å². The van der Waals surface area contributed by atoms with E-state index in [2.05, 4.69) is 29.8 Å². The molecule has 0 radical (unpaired) electrons. The summed E-state index contributed by atoms with van der Waals surface area (Å²) in [7, 11) is 0. The molecule has 1 aliphatic carbocycles. The van der Waals surface area contributed by atoms with Crippen LogP contribution in [0.2, 0.25) is 0 Å². The second-order valence-corrected chi connectivity index (χ2v) is 12.3. The van der Waals surface area contributed by atoms with Crippen LogP contribution >= 0.6 is 22.7 Å². The summed E-state index contributed by atoms with van der Waals surface area (Å²) in [6.07, 6.45) is 9.76. The van der Waals surface area contributed by atoms with Crippen molar-refractivity contribution in [1.82, 2.24) is 15.2 Å². The maximum absolute atomic E-state index is 13.7. The molecule has 2 aliphatic heterocycles. The van der Waals surface area contributed by atoms with Crippen LogP contribution in [-0.4, -0.2) is 45.5 Å². The molecule has 5 rings (SSSR count). The van der Waals surface area contributed by atoms with E-state index in [0.717, 1.165) is 60.4 Å². The Hall–Kier alpha value is -2.78. The van der Waals surface area contributed by atoms with Gasteiger partial charge in [0.25, 0.3) is 11.8 Å². The van der Waals surface area contributed by atoms with E-state index >= 15 is 0 Å². The molecular weight excluding hydrogens is 504 g/mol. The predicted molar refractivity (Wildman–Crippen MR) is 148 cm³/mol. The lowest BCUT2D eigenvalue weighted by atomic mass is 9.79. The average molecular weight is 539 g/mol. The third kappa shape index (κ3) is 5.16. The smallest absolute Gasteiger partial charge is 0.323 e. The number of unbranched alkanes of at least 4 members (excludes halogenated alkanes) is 3. The van der Waals surface area contributed by atoms with Gasteiger partial charge in [-0.15, -0.1) is 22.7 Å². The summed E-state index contributed by atoms with van der Waals surface area (Å²) in [6, 6.07) is 7.46. The summed E-state index contributed by atoms with van der Waals surface area (Å²) in [6.45, 7) is 3.61. The molecule has 9 heteroatoms. The van der Waals surface area contributed by atoms with Gasteiger partial charge < -0.3 is 5.32 Å². The first kappa shape index (κ1) is 25.9. The molecule has 3 aliphatic rings. The number of amides is 4. The maximum Gasteiger partial charge on any atom is 0.325 e. The van der Waals surface area contributed by atoms with Crippen molar-refractivity contribution >= 4 is 52.3 Å². The Balaban J connectivity index is 1.38. The highest BCUT2D eigenvalue weighted by molar-refractivity contribution is 7.11. The summed E-state index contributed by atoms with van der Waals surface area (Å²) in [5, 5.41) is 13.4. The van der Waals surface area contributed by atoms with Crippen molar-refractivity contribution in [3.05, 3.63) is 50.4 Å². The van der Waals surface area contributed by atoms with Crippen molar-refractivity contribution in [2.24, 2.45) is 11.0 Å². The fourth-order valence-electron chi connectivity index (χ4n) is 5.66. The fourth-order valence-corrected chi connectivity index (χ4v) is 7.22. The van der Waals surface area contributed by atoms with E-state index in [9.17, 15) is 14.4 Å². The Kier molecular flexibility index (Phi) is 7.62. The maximum atomic E-state index is 13.7. The van der Waals surface area contributed by atoms with Crippen molar-refractivity contribution < 1.29 is 14.4 Å². The zero-order chi connectivity index (χ0) is 26.0. The molecule has 7 nitrogen and oxygen atoms in total. The van der Waals surface area contributed by atoms with Gasteiger partial charge >= 0.3 is 6.03 Å². The van der Waals surface area contributed by atoms with Gasteiger partial charge in [-0.25, -0.2) is 9.80 Å². The molecule has 0 unspecified atom stereocenters. The number of hydrazone groups is 1. The summed E-state index contributed by atoms with van der Waals surface area (Å²) in [5.41, 5.74) is 1.18. The lowest BCUT2D eigenvalue weighted by Crippen LogP contribution is -2.45. The summed E-state index contributed by atoms with van der Waals surface area (Å²) in [5.74, 6) is -0.540. The van der Waals surface area contributed by atoms with Crippen molar-refractivity contribution in [3.63, 3.8) is 0 Å². The number of allylic oxidation sites excluding steroid dienone is 1. The number of fused-ring (bicyclic) bond motifs is 1. The molecule has 196 valence electrons. The quantitative estimate of drug-likeness (QED) is 0.304. The molecule has 2 aromatic heterocycles. The molecule has 0 bridgehead atoms. The van der Waals surface area contributed by atoms with Gasteiger partial charge in [-0.3, -0.25) is 14.5 Å². The van der Waals surface area contributed by atoms with Crippen LogP contribution in [0.1, 0.15) is 81.0 Å². The van der Waals surface area contributed by atoms with Gasteiger partial charge in [0.05, 0.1) is 11.8 Å². The number of carbonyl (C=O) groups excluding carboxylic acids is 3. The van der Waals surface area contributed by atoms with Crippen LogP contribution in [0, 0.1) is 5.92 Å². The molecule has 2 aromatic rings. The first-order valence-corrected chi connectivity index (χ1v) is 15.0. The van der Waals surface area contributed by atoms with E-state index in [4.69, 9.17) is 5.10 Å². The number of hydrogen-bond donors (Lipinski definition) is 1. The Bertz CT molecular complexity index is 1200. The number of thiophene rings is 2. The van der Waals surface area contributed by atoms with Crippen LogP contribution in [0.4, 0.5) is 4.79 Å². The monoisotopic (exact) mass is 538 g/mol. The van der Waals surface area contributed by atoms with Crippen molar-refractivity contribution in [3.8, 4) is 0 Å². The average Bonchev–Trinajstić information content (AvgIpc) is 3.67. The molecule has 1 N–H and O–H groups in total. The van der Waals surface area contributed by atoms with Crippen LogP contribution in [0.5, 0.6) is 0 Å². The van der Waals surface area contributed by atoms with Crippen molar-refractivity contribution in [2.45, 2.75) is 76.8 Å². The van der Waals surface area contributed by atoms with Crippen LogP contribution in [0.25, 0.3) is 6.08 Å². The fraction of sp³-hybridized carbons (Fsp3) is 0.500. The Morgan fingerprint density at radius 2 is 2.00 bits per heavy atom. The molecule has 4 heterocycles. The summed E-state index contributed by atoms with van der Waals surface area (Å²) in [4.78, 5) is 43.1. The van der Waals surface area contributed by atoms with E-state index in [0.29, 0.717) is 6.42 Å². The molecule has 4 amide bonds. The van der Waals surface area contributed by atoms with E-state index < -0.39 is 11.6 Å². The normalized spacial score (nSPS) is 26.5. The largest absolute Gasteiger partial charge is 0.325 e. The number of carbonyl (C=O) groups is 3. The highest BCUT2D eigenvalue weighted by atomic mass is 32.1. The second-order valence-electron chi connectivity index (χ2n) is 10.3. The van der Waals surface area contributed by atoms with E-state index in [1.165, 1.54) is 10.5 Å². The minimum absolute atomic E-state index is 0.106. The zero-order valence-corrected chi connectivity index (χ0v) is 23.1. The van der Waals surface area contributed by atoms with Crippen LogP contribution in [0.15, 0.2) is 45.7 Å². The lowest BCUT2D eigenvalue weighted by molar-refractivity contribution is -0.140. The number of imide groups is 1. The highest BCUT2D eigenvalue weighted by Crippen LogP contribution is 2.45. The third-order valence-electron chi connectivity index (χ3n) is 7.62. The molecule has 2 fully saturated rings. The van der Waals surface area contributed by atoms with Crippen LogP contribution < -0.4 is 5.32 Å². The molecule has 1 saturated heterocycles. The first-order valence-electron chi connectivity index (χ1n) is 13.2. The van der Waals surface area contributed by atoms with Gasteiger partial charge in [-0.1, -0.05) is 44.7 Å². The summed E-state index contributed by atoms with van der Waals surface area (Å²) >= 11 is 3.30. The van der Waals surface area contributed by atoms with E-state index in [1.807, 2.05) is 23.6 Å². The van der Waals surface area contributed by atoms with Gasteiger partial charge in [0.1, 0.15) is 12.1 Å². The predicted octanol–water partition coefficient (Wildman–Crippen LogP) is 6.21. The SMILES string of the molecule is CCCCCC[C@@]1(C)NC(=O)N(CC(=O)N2N=C3/C(=C\c4cccs4)CCC[C@@H]3[C@@H]2c2cccs2)C1=O. The molecule has 0 spiro atoms. The van der Waals surface area contributed by atoms with Crippen molar-refractivity contribution in [1.29, 1.82) is 0 Å². The van der Waals surface area contributed by atoms with E-state index in [-0.39, 0.29) is 30.3 Å². The minimum atomic E-state index is -0.959. The van der Waals surface area contributed by atoms with Gasteiger partial charge in [0.2, 0.25) is 0 Å². The number of rotatable bonds is 9. The highest BCUT2D eigenvalue weighted by Gasteiger charge is 2.50. The zero-order valence-electron chi connectivity index (χ0n) is 21.4. The minimum Gasteiger partial charge on any atom is -0.323 e. The lowest BCUT2D eigenvalue weighted by Gasteiger charge is -2.29. The topological polar surface area (TPSA) is 82.1 Å². The number of nitrogens with one attached hydrogen (secondary N) is 1. The third-order valence-corrected chi connectivity index (χ3v) is 9.38. The second kappa shape index (κ2) is 10.9. The van der Waals surface area contributed by atoms with Gasteiger partial charge in [0, 0.05) is 15.7 Å². The van der Waals surface area contributed by atoms with E-state index in [1.54, 1.807) is 34.6 Å².